The van der Waals surface area contributed by atoms with Crippen molar-refractivity contribution in [2.45, 2.75) is 19.4 Å². The lowest BCUT2D eigenvalue weighted by atomic mass is 9.98. The minimum Gasteiger partial charge on any atom is -0.493 e. The molecule has 5 heteroatoms. The van der Waals surface area contributed by atoms with E-state index in [0.29, 0.717) is 18.7 Å². The number of methoxy groups -OCH3 is 2. The van der Waals surface area contributed by atoms with Crippen molar-refractivity contribution >= 4 is 21.8 Å². The molecule has 24 heavy (non-hydrogen) atoms. The molecule has 2 aromatic rings. The van der Waals surface area contributed by atoms with Gasteiger partial charge in [-0.2, -0.15) is 0 Å². The molecule has 2 aromatic carbocycles. The Hall–Kier alpha value is -2.01. The molecule has 4 nitrogen and oxygen atoms in total. The fourth-order valence-corrected chi connectivity index (χ4v) is 3.48. The van der Waals surface area contributed by atoms with Gasteiger partial charge in [0.15, 0.2) is 11.5 Å². The van der Waals surface area contributed by atoms with Crippen LogP contribution in [0.2, 0.25) is 0 Å². The fourth-order valence-electron chi connectivity index (χ4n) is 3.03. The number of ether oxygens (including phenoxy) is 2. The van der Waals surface area contributed by atoms with Crippen LogP contribution in [0.1, 0.15) is 16.7 Å². The van der Waals surface area contributed by atoms with Crippen LogP contribution < -0.4 is 9.47 Å². The number of hydrogen-bond acceptors (Lipinski definition) is 3. The molecule has 1 aliphatic rings. The summed E-state index contributed by atoms with van der Waals surface area (Å²) in [5.74, 6) is 1.59. The molecule has 0 radical (unpaired) electrons. The average molecular weight is 390 g/mol. The Bertz CT molecular complexity index is 760. The Balaban J connectivity index is 1.75. The minimum absolute atomic E-state index is 0.147. The van der Waals surface area contributed by atoms with Crippen LogP contribution >= 0.6 is 15.9 Å². The monoisotopic (exact) mass is 389 g/mol. The number of amides is 1. The van der Waals surface area contributed by atoms with E-state index in [-0.39, 0.29) is 5.91 Å². The van der Waals surface area contributed by atoms with Gasteiger partial charge in [-0.1, -0.05) is 28.1 Å². The lowest BCUT2D eigenvalue weighted by Gasteiger charge is -2.29. The normalized spacial score (nSPS) is 13.4. The summed E-state index contributed by atoms with van der Waals surface area (Å²) in [5.41, 5.74) is 3.37. The highest BCUT2D eigenvalue weighted by atomic mass is 79.9. The molecule has 0 aromatic heterocycles. The average Bonchev–Trinajstić information content (AvgIpc) is 2.59. The summed E-state index contributed by atoms with van der Waals surface area (Å²) in [6.07, 6.45) is 1.25. The second kappa shape index (κ2) is 7.26. The standard InChI is InChI=1S/C19H20BrNO3/c1-23-17-10-14-6-7-21(12-15(14)11-18(17)24-2)19(22)9-13-4-3-5-16(20)8-13/h3-5,8,10-11H,6-7,9,12H2,1-2H3. The molecule has 0 saturated carbocycles. The van der Waals surface area contributed by atoms with E-state index >= 15 is 0 Å². The number of rotatable bonds is 4. The van der Waals surface area contributed by atoms with Gasteiger partial charge in [-0.15, -0.1) is 0 Å². The quantitative estimate of drug-likeness (QED) is 0.801. The number of nitrogens with zero attached hydrogens (tertiary/aromatic N) is 1. The Morgan fingerprint density at radius 1 is 1.12 bits per heavy atom. The van der Waals surface area contributed by atoms with E-state index in [1.165, 1.54) is 5.56 Å². The van der Waals surface area contributed by atoms with Gasteiger partial charge in [0.25, 0.3) is 0 Å². The molecule has 0 atom stereocenters. The highest BCUT2D eigenvalue weighted by Gasteiger charge is 2.22. The van der Waals surface area contributed by atoms with Gasteiger partial charge in [0, 0.05) is 17.6 Å². The number of carbonyl (C=O) groups is 1. The van der Waals surface area contributed by atoms with E-state index in [1.54, 1.807) is 14.2 Å². The van der Waals surface area contributed by atoms with Crippen LogP contribution in [-0.4, -0.2) is 31.6 Å². The number of fused-ring (bicyclic) bond motifs is 1. The highest BCUT2D eigenvalue weighted by molar-refractivity contribution is 9.10. The molecule has 3 rings (SSSR count). The SMILES string of the molecule is COc1cc2c(cc1OC)CN(C(=O)Cc1cccc(Br)c1)CC2. The Morgan fingerprint density at radius 3 is 2.50 bits per heavy atom. The second-order valence-corrected chi connectivity index (χ2v) is 6.76. The van der Waals surface area contributed by atoms with Gasteiger partial charge in [0.05, 0.1) is 20.6 Å². The Morgan fingerprint density at radius 2 is 1.83 bits per heavy atom. The molecule has 0 spiro atoms. The Labute approximate surface area is 150 Å². The zero-order chi connectivity index (χ0) is 17.1. The first kappa shape index (κ1) is 16.8. The molecule has 0 bridgehead atoms. The van der Waals surface area contributed by atoms with Crippen LogP contribution in [0.15, 0.2) is 40.9 Å². The van der Waals surface area contributed by atoms with Crippen molar-refractivity contribution in [1.82, 2.24) is 4.90 Å². The molecule has 0 aliphatic carbocycles. The van der Waals surface area contributed by atoms with Gasteiger partial charge in [0.2, 0.25) is 5.91 Å². The van der Waals surface area contributed by atoms with Crippen LogP contribution in [0.3, 0.4) is 0 Å². The van der Waals surface area contributed by atoms with Crippen molar-refractivity contribution in [3.63, 3.8) is 0 Å². The summed E-state index contributed by atoms with van der Waals surface area (Å²) in [5, 5.41) is 0. The molecule has 0 unspecified atom stereocenters. The first-order valence-electron chi connectivity index (χ1n) is 7.86. The van der Waals surface area contributed by atoms with Crippen molar-refractivity contribution in [3.8, 4) is 11.5 Å². The van der Waals surface area contributed by atoms with Crippen molar-refractivity contribution in [2.75, 3.05) is 20.8 Å². The van der Waals surface area contributed by atoms with Gasteiger partial charge in [0.1, 0.15) is 0 Å². The van der Waals surface area contributed by atoms with Gasteiger partial charge >= 0.3 is 0 Å². The number of hydrogen-bond donors (Lipinski definition) is 0. The van der Waals surface area contributed by atoms with Crippen LogP contribution in [0.4, 0.5) is 0 Å². The topological polar surface area (TPSA) is 38.8 Å². The van der Waals surface area contributed by atoms with Crippen LogP contribution in [0.5, 0.6) is 11.5 Å². The third-order valence-electron chi connectivity index (χ3n) is 4.32. The molecule has 0 fully saturated rings. The number of halogens is 1. The maximum atomic E-state index is 12.6. The maximum Gasteiger partial charge on any atom is 0.227 e. The summed E-state index contributed by atoms with van der Waals surface area (Å²) < 4.78 is 11.7. The first-order valence-corrected chi connectivity index (χ1v) is 8.66. The molecular weight excluding hydrogens is 370 g/mol. The number of carbonyl (C=O) groups excluding carboxylic acids is 1. The molecule has 1 amide bonds. The van der Waals surface area contributed by atoms with Crippen LogP contribution in [0, 0.1) is 0 Å². The summed E-state index contributed by atoms with van der Waals surface area (Å²) in [7, 11) is 3.27. The van der Waals surface area contributed by atoms with Gasteiger partial charge in [-0.3, -0.25) is 4.79 Å². The Kier molecular flexibility index (Phi) is 5.09. The van der Waals surface area contributed by atoms with E-state index in [1.807, 2.05) is 41.3 Å². The molecule has 0 N–H and O–H groups in total. The first-order chi connectivity index (χ1) is 11.6. The zero-order valence-electron chi connectivity index (χ0n) is 13.8. The molecule has 1 heterocycles. The van der Waals surface area contributed by atoms with Crippen molar-refractivity contribution in [3.05, 3.63) is 57.6 Å². The molecule has 0 saturated heterocycles. The van der Waals surface area contributed by atoms with E-state index < -0.39 is 0 Å². The fraction of sp³-hybridized carbons (Fsp3) is 0.316. The van der Waals surface area contributed by atoms with E-state index in [9.17, 15) is 4.79 Å². The summed E-state index contributed by atoms with van der Waals surface area (Å²) in [6, 6.07) is 11.9. The summed E-state index contributed by atoms with van der Waals surface area (Å²) >= 11 is 3.45. The second-order valence-electron chi connectivity index (χ2n) is 5.85. The zero-order valence-corrected chi connectivity index (χ0v) is 15.4. The minimum atomic E-state index is 0.147. The van der Waals surface area contributed by atoms with Crippen molar-refractivity contribution < 1.29 is 14.3 Å². The maximum absolute atomic E-state index is 12.6. The van der Waals surface area contributed by atoms with Crippen molar-refractivity contribution in [2.24, 2.45) is 0 Å². The molecule has 1 aliphatic heterocycles. The highest BCUT2D eigenvalue weighted by Crippen LogP contribution is 2.33. The van der Waals surface area contributed by atoms with Crippen LogP contribution in [0.25, 0.3) is 0 Å². The number of benzene rings is 2. The van der Waals surface area contributed by atoms with E-state index in [4.69, 9.17) is 9.47 Å². The van der Waals surface area contributed by atoms with Crippen molar-refractivity contribution in [1.29, 1.82) is 0 Å². The van der Waals surface area contributed by atoms with E-state index in [2.05, 4.69) is 15.9 Å². The van der Waals surface area contributed by atoms with Gasteiger partial charge in [-0.05, 0) is 47.4 Å². The van der Waals surface area contributed by atoms with Gasteiger partial charge in [-0.25, -0.2) is 0 Å². The lowest BCUT2D eigenvalue weighted by molar-refractivity contribution is -0.131. The third-order valence-corrected chi connectivity index (χ3v) is 4.81. The van der Waals surface area contributed by atoms with Crippen LogP contribution in [-0.2, 0) is 24.2 Å². The smallest absolute Gasteiger partial charge is 0.227 e. The van der Waals surface area contributed by atoms with Gasteiger partial charge < -0.3 is 14.4 Å². The predicted octanol–water partition coefficient (Wildman–Crippen LogP) is 3.59. The predicted molar refractivity (Wildman–Crippen MR) is 96.5 cm³/mol. The summed E-state index contributed by atoms with van der Waals surface area (Å²) in [6.45, 7) is 1.35. The molecule has 126 valence electrons. The summed E-state index contributed by atoms with van der Waals surface area (Å²) in [4.78, 5) is 14.5. The molecular formula is C19H20BrNO3. The largest absolute Gasteiger partial charge is 0.493 e. The van der Waals surface area contributed by atoms with E-state index in [0.717, 1.165) is 34.3 Å². The third kappa shape index (κ3) is 3.56. The lowest BCUT2D eigenvalue weighted by Crippen LogP contribution is -2.36.